The summed E-state index contributed by atoms with van der Waals surface area (Å²) in [5.41, 5.74) is 1.07. The second kappa shape index (κ2) is 6.80. The summed E-state index contributed by atoms with van der Waals surface area (Å²) < 4.78 is 11.3. The molecule has 5 heteroatoms. The van der Waals surface area contributed by atoms with Crippen LogP contribution in [0.2, 0.25) is 0 Å². The van der Waals surface area contributed by atoms with E-state index in [1.165, 1.54) is 0 Å². The highest BCUT2D eigenvalue weighted by atomic mass is 16.6. The molecule has 5 nitrogen and oxygen atoms in total. The van der Waals surface area contributed by atoms with E-state index in [2.05, 4.69) is 6.07 Å². The lowest BCUT2D eigenvalue weighted by Crippen LogP contribution is -2.38. The molecule has 0 aromatic heterocycles. The first kappa shape index (κ1) is 16.3. The number of hydrogen-bond donors (Lipinski definition) is 0. The molecule has 1 fully saturated rings. The lowest BCUT2D eigenvalue weighted by Gasteiger charge is -2.28. The van der Waals surface area contributed by atoms with Gasteiger partial charge in [-0.25, -0.2) is 4.79 Å². The molecule has 0 unspecified atom stereocenters. The number of amides is 1. The number of rotatable bonds is 1. The third-order valence-electron chi connectivity index (χ3n) is 3.34. The van der Waals surface area contributed by atoms with Gasteiger partial charge < -0.3 is 14.4 Å². The zero-order chi connectivity index (χ0) is 16.2. The highest BCUT2D eigenvalue weighted by Crippen LogP contribution is 2.23. The minimum absolute atomic E-state index is 0.192. The van der Waals surface area contributed by atoms with Crippen molar-refractivity contribution in [2.24, 2.45) is 0 Å². The molecular weight excluding hydrogens is 280 g/mol. The van der Waals surface area contributed by atoms with Crippen LogP contribution < -0.4 is 0 Å². The molecule has 1 amide bonds. The maximum Gasteiger partial charge on any atom is 0.410 e. The zero-order valence-electron chi connectivity index (χ0n) is 13.3. The summed E-state index contributed by atoms with van der Waals surface area (Å²) in [5, 5.41) is 8.86. The molecule has 1 aromatic rings. The van der Waals surface area contributed by atoms with Gasteiger partial charge in [-0.3, -0.25) is 0 Å². The Hall–Kier alpha value is -2.06. The normalized spacial score (nSPS) is 19.2. The summed E-state index contributed by atoms with van der Waals surface area (Å²) in [7, 11) is 0. The highest BCUT2D eigenvalue weighted by molar-refractivity contribution is 5.68. The molecule has 2 rings (SSSR count). The molecule has 1 aromatic carbocycles. The fraction of sp³-hybridized carbons (Fsp3) is 0.529. The molecule has 0 saturated carbocycles. The van der Waals surface area contributed by atoms with Crippen molar-refractivity contribution in [3.63, 3.8) is 0 Å². The zero-order valence-corrected chi connectivity index (χ0v) is 13.3. The topological polar surface area (TPSA) is 62.6 Å². The van der Waals surface area contributed by atoms with E-state index in [0.29, 0.717) is 25.3 Å². The van der Waals surface area contributed by atoms with Gasteiger partial charge >= 0.3 is 6.09 Å². The Morgan fingerprint density at radius 3 is 2.64 bits per heavy atom. The lowest BCUT2D eigenvalue weighted by molar-refractivity contribution is 0.0140. The molecule has 0 spiro atoms. The van der Waals surface area contributed by atoms with Gasteiger partial charge in [0, 0.05) is 13.2 Å². The van der Waals surface area contributed by atoms with Gasteiger partial charge in [-0.05, 0) is 44.9 Å². The van der Waals surface area contributed by atoms with Gasteiger partial charge in [0.1, 0.15) is 11.7 Å². The van der Waals surface area contributed by atoms with Crippen LogP contribution in [0.15, 0.2) is 24.3 Å². The third kappa shape index (κ3) is 4.47. The van der Waals surface area contributed by atoms with Crippen molar-refractivity contribution >= 4 is 6.09 Å². The Balaban J connectivity index is 2.09. The first-order chi connectivity index (χ1) is 10.4. The van der Waals surface area contributed by atoms with E-state index in [0.717, 1.165) is 12.0 Å². The number of benzene rings is 1. The monoisotopic (exact) mass is 302 g/mol. The minimum Gasteiger partial charge on any atom is -0.444 e. The first-order valence-electron chi connectivity index (χ1n) is 7.48. The van der Waals surface area contributed by atoms with Crippen molar-refractivity contribution in [1.29, 1.82) is 5.26 Å². The molecule has 0 N–H and O–H groups in total. The van der Waals surface area contributed by atoms with E-state index in [9.17, 15) is 4.79 Å². The Bertz CT molecular complexity index is 555. The van der Waals surface area contributed by atoms with Gasteiger partial charge in [-0.2, -0.15) is 5.26 Å². The molecule has 0 radical (unpaired) electrons. The van der Waals surface area contributed by atoms with E-state index in [-0.39, 0.29) is 12.2 Å². The molecule has 1 aliphatic rings. The van der Waals surface area contributed by atoms with Crippen molar-refractivity contribution < 1.29 is 14.3 Å². The van der Waals surface area contributed by atoms with Crippen molar-refractivity contribution in [1.82, 2.24) is 4.90 Å². The van der Waals surface area contributed by atoms with Gasteiger partial charge in [0.05, 0.1) is 18.2 Å². The molecule has 22 heavy (non-hydrogen) atoms. The Kier molecular flexibility index (Phi) is 5.04. The summed E-state index contributed by atoms with van der Waals surface area (Å²) >= 11 is 0. The standard InChI is InChI=1S/C17H22N2O3/c1-17(2,3)22-16(20)19-9-4-10-21-15(12-19)14-7-5-13(11-18)6-8-14/h5-8,15H,4,9-10,12H2,1-3H3/t15-/m0/s1. The quantitative estimate of drug-likeness (QED) is 0.799. The summed E-state index contributed by atoms with van der Waals surface area (Å²) in [6, 6.07) is 9.38. The van der Waals surface area contributed by atoms with Crippen molar-refractivity contribution in [2.75, 3.05) is 19.7 Å². The maximum absolute atomic E-state index is 12.2. The highest BCUT2D eigenvalue weighted by Gasteiger charge is 2.27. The SMILES string of the molecule is CC(C)(C)OC(=O)N1CCCO[C@H](c2ccc(C#N)cc2)C1. The van der Waals surface area contributed by atoms with Gasteiger partial charge in [-0.15, -0.1) is 0 Å². The van der Waals surface area contributed by atoms with Crippen molar-refractivity contribution in [2.45, 2.75) is 38.9 Å². The second-order valence-electron chi connectivity index (χ2n) is 6.37. The lowest BCUT2D eigenvalue weighted by atomic mass is 10.1. The molecular formula is C17H22N2O3. The number of hydrogen-bond acceptors (Lipinski definition) is 4. The van der Waals surface area contributed by atoms with Gasteiger partial charge in [-0.1, -0.05) is 12.1 Å². The van der Waals surface area contributed by atoms with Gasteiger partial charge in [0.2, 0.25) is 0 Å². The van der Waals surface area contributed by atoms with E-state index >= 15 is 0 Å². The van der Waals surface area contributed by atoms with E-state index in [1.54, 1.807) is 17.0 Å². The van der Waals surface area contributed by atoms with Crippen LogP contribution in [0.4, 0.5) is 4.79 Å². The van der Waals surface area contributed by atoms with Crippen LogP contribution in [-0.2, 0) is 9.47 Å². The molecule has 0 bridgehead atoms. The third-order valence-corrected chi connectivity index (χ3v) is 3.34. The summed E-state index contributed by atoms with van der Waals surface area (Å²) in [5.74, 6) is 0. The summed E-state index contributed by atoms with van der Waals surface area (Å²) in [4.78, 5) is 13.9. The molecule has 1 saturated heterocycles. The van der Waals surface area contributed by atoms with Crippen molar-refractivity contribution in [3.05, 3.63) is 35.4 Å². The number of carbonyl (C=O) groups is 1. The average Bonchev–Trinajstić information content (AvgIpc) is 2.71. The van der Waals surface area contributed by atoms with Crippen LogP contribution in [0.1, 0.15) is 44.4 Å². The molecule has 1 heterocycles. The van der Waals surface area contributed by atoms with E-state index in [4.69, 9.17) is 14.7 Å². The van der Waals surface area contributed by atoms with Crippen LogP contribution in [-0.4, -0.2) is 36.3 Å². The van der Waals surface area contributed by atoms with Gasteiger partial charge in [0.15, 0.2) is 0 Å². The molecule has 1 atom stereocenters. The van der Waals surface area contributed by atoms with E-state index in [1.807, 2.05) is 32.9 Å². The Labute approximate surface area is 131 Å². The molecule has 1 aliphatic heterocycles. The maximum atomic E-state index is 12.2. The van der Waals surface area contributed by atoms with Crippen LogP contribution in [0.5, 0.6) is 0 Å². The van der Waals surface area contributed by atoms with E-state index < -0.39 is 5.60 Å². The largest absolute Gasteiger partial charge is 0.444 e. The predicted molar refractivity (Wildman–Crippen MR) is 82.3 cm³/mol. The minimum atomic E-state index is -0.506. The second-order valence-corrected chi connectivity index (χ2v) is 6.37. The number of carbonyl (C=O) groups excluding carboxylic acids is 1. The van der Waals surface area contributed by atoms with Gasteiger partial charge in [0.25, 0.3) is 0 Å². The Morgan fingerprint density at radius 2 is 2.05 bits per heavy atom. The predicted octanol–water partition coefficient (Wildman–Crippen LogP) is 3.26. The van der Waals surface area contributed by atoms with Crippen LogP contribution in [0.3, 0.4) is 0 Å². The number of ether oxygens (including phenoxy) is 2. The number of nitrogens with zero attached hydrogens (tertiary/aromatic N) is 2. The van der Waals surface area contributed by atoms with Crippen LogP contribution in [0, 0.1) is 11.3 Å². The Morgan fingerprint density at radius 1 is 1.36 bits per heavy atom. The van der Waals surface area contributed by atoms with Crippen molar-refractivity contribution in [3.8, 4) is 6.07 Å². The fourth-order valence-electron chi connectivity index (χ4n) is 2.29. The first-order valence-corrected chi connectivity index (χ1v) is 7.48. The summed E-state index contributed by atoms with van der Waals surface area (Å²) in [6.07, 6.45) is 0.283. The fourth-order valence-corrected chi connectivity index (χ4v) is 2.29. The van der Waals surface area contributed by atoms with Crippen LogP contribution in [0.25, 0.3) is 0 Å². The molecule has 0 aliphatic carbocycles. The smallest absolute Gasteiger partial charge is 0.410 e. The molecule has 118 valence electrons. The number of nitriles is 1. The summed E-state index contributed by atoms with van der Waals surface area (Å²) in [6.45, 7) is 7.26. The van der Waals surface area contributed by atoms with Crippen LogP contribution >= 0.6 is 0 Å². The average molecular weight is 302 g/mol.